The Balaban J connectivity index is 1.74. The fourth-order valence-corrected chi connectivity index (χ4v) is 2.11. The highest BCUT2D eigenvalue weighted by atomic mass is 35.5. The molecule has 0 aromatic heterocycles. The number of para-hydroxylation sites is 1. The van der Waals surface area contributed by atoms with E-state index in [0.717, 1.165) is 30.2 Å². The molecule has 1 fully saturated rings. The van der Waals surface area contributed by atoms with Gasteiger partial charge in [0.1, 0.15) is 11.5 Å². The van der Waals surface area contributed by atoms with Gasteiger partial charge in [-0.15, -0.1) is 0 Å². The Morgan fingerprint density at radius 2 is 1.90 bits per heavy atom. The lowest BCUT2D eigenvalue weighted by Crippen LogP contribution is -2.48. The van der Waals surface area contributed by atoms with Gasteiger partial charge in [0, 0.05) is 23.7 Å². The molecule has 0 unspecified atom stereocenters. The van der Waals surface area contributed by atoms with Crippen LogP contribution in [0.3, 0.4) is 0 Å². The zero-order valence-electron chi connectivity index (χ0n) is 11.0. The van der Waals surface area contributed by atoms with Gasteiger partial charge >= 0.3 is 0 Å². The van der Waals surface area contributed by atoms with Crippen LogP contribution in [0.15, 0.2) is 48.5 Å². The molecule has 1 heterocycles. The van der Waals surface area contributed by atoms with Crippen molar-refractivity contribution in [1.82, 2.24) is 5.32 Å². The number of ether oxygens (including phenoxy) is 2. The lowest BCUT2D eigenvalue weighted by Gasteiger charge is -2.27. The number of benzene rings is 2. The topological polar surface area (TPSA) is 30.5 Å². The van der Waals surface area contributed by atoms with E-state index in [1.54, 1.807) is 0 Å². The van der Waals surface area contributed by atoms with Crippen molar-refractivity contribution in [2.24, 2.45) is 0 Å². The van der Waals surface area contributed by atoms with E-state index in [1.165, 1.54) is 0 Å². The number of hydrogen-bond donors (Lipinski definition) is 1. The molecule has 4 heteroatoms. The predicted octanol–water partition coefficient (Wildman–Crippen LogP) is 3.62. The van der Waals surface area contributed by atoms with E-state index in [4.69, 9.17) is 21.1 Å². The maximum atomic E-state index is 6.05. The van der Waals surface area contributed by atoms with Crippen molar-refractivity contribution in [2.75, 3.05) is 13.1 Å². The summed E-state index contributed by atoms with van der Waals surface area (Å²) in [6.07, 6.45) is 0.301. The third kappa shape index (κ3) is 3.31. The van der Waals surface area contributed by atoms with Crippen LogP contribution in [0.2, 0.25) is 5.02 Å². The Morgan fingerprint density at radius 1 is 1.10 bits per heavy atom. The molecule has 1 aliphatic rings. The Hall–Kier alpha value is -1.55. The molecule has 0 atom stereocenters. The molecule has 1 N–H and O–H groups in total. The molecule has 0 bridgehead atoms. The summed E-state index contributed by atoms with van der Waals surface area (Å²) in [5.74, 6) is 1.54. The van der Waals surface area contributed by atoms with E-state index in [0.29, 0.717) is 17.7 Å². The van der Waals surface area contributed by atoms with Gasteiger partial charge in [-0.3, -0.25) is 0 Å². The van der Waals surface area contributed by atoms with Gasteiger partial charge in [-0.2, -0.15) is 0 Å². The fraction of sp³-hybridized carbons (Fsp3) is 0.250. The summed E-state index contributed by atoms with van der Waals surface area (Å²) in [5.41, 5.74) is 1.00. The van der Waals surface area contributed by atoms with E-state index in [1.807, 2.05) is 48.5 Å². The highest BCUT2D eigenvalue weighted by Crippen LogP contribution is 2.29. The second kappa shape index (κ2) is 6.27. The van der Waals surface area contributed by atoms with Gasteiger partial charge in [0.2, 0.25) is 0 Å². The van der Waals surface area contributed by atoms with E-state index in [-0.39, 0.29) is 0 Å². The quantitative estimate of drug-likeness (QED) is 0.912. The lowest BCUT2D eigenvalue weighted by atomic mass is 10.2. The maximum absolute atomic E-state index is 6.05. The molecule has 3 rings (SSSR count). The van der Waals surface area contributed by atoms with Gasteiger partial charge in [0.05, 0.1) is 12.7 Å². The summed E-state index contributed by atoms with van der Waals surface area (Å²) in [6.45, 7) is 2.37. The molecule has 104 valence electrons. The first-order valence-electron chi connectivity index (χ1n) is 6.65. The molecule has 0 amide bonds. The van der Waals surface area contributed by atoms with Crippen LogP contribution in [0, 0.1) is 0 Å². The normalized spacial score (nSPS) is 14.8. The molecular formula is C16H16ClNO2. The van der Waals surface area contributed by atoms with E-state index < -0.39 is 0 Å². The first kappa shape index (κ1) is 13.4. The summed E-state index contributed by atoms with van der Waals surface area (Å²) >= 11 is 6.05. The Kier molecular flexibility index (Phi) is 4.21. The highest BCUT2D eigenvalue weighted by Gasteiger charge is 2.18. The number of halogens is 1. The molecule has 1 saturated heterocycles. The van der Waals surface area contributed by atoms with E-state index >= 15 is 0 Å². The molecule has 0 saturated carbocycles. The molecule has 20 heavy (non-hydrogen) atoms. The van der Waals surface area contributed by atoms with Crippen molar-refractivity contribution in [2.45, 2.75) is 12.7 Å². The zero-order chi connectivity index (χ0) is 13.8. The van der Waals surface area contributed by atoms with E-state index in [2.05, 4.69) is 5.32 Å². The molecule has 2 aromatic rings. The lowest BCUT2D eigenvalue weighted by molar-refractivity contribution is 0.00696. The smallest absolute Gasteiger partial charge is 0.134 e. The third-order valence-corrected chi connectivity index (χ3v) is 3.45. The monoisotopic (exact) mass is 289 g/mol. The summed E-state index contributed by atoms with van der Waals surface area (Å²) in [7, 11) is 0. The summed E-state index contributed by atoms with van der Waals surface area (Å²) in [4.78, 5) is 0. The predicted molar refractivity (Wildman–Crippen MR) is 79.4 cm³/mol. The second-order valence-corrected chi connectivity index (χ2v) is 5.19. The summed E-state index contributed by atoms with van der Waals surface area (Å²) in [6, 6.07) is 15.3. The van der Waals surface area contributed by atoms with Gasteiger partial charge in [-0.05, 0) is 24.3 Å². The Labute approximate surface area is 123 Å². The van der Waals surface area contributed by atoms with Crippen molar-refractivity contribution >= 4 is 11.6 Å². The van der Waals surface area contributed by atoms with Gasteiger partial charge in [0.25, 0.3) is 0 Å². The molecule has 3 nitrogen and oxygen atoms in total. The maximum Gasteiger partial charge on any atom is 0.134 e. The van der Waals surface area contributed by atoms with Crippen LogP contribution in [0.5, 0.6) is 11.5 Å². The SMILES string of the molecule is Clc1ccc(COC2CNC2)c(Oc2ccccc2)c1. The Morgan fingerprint density at radius 3 is 2.60 bits per heavy atom. The van der Waals surface area contributed by atoms with Crippen molar-refractivity contribution in [3.05, 3.63) is 59.1 Å². The van der Waals surface area contributed by atoms with Crippen LogP contribution in [0.1, 0.15) is 5.56 Å². The first-order valence-corrected chi connectivity index (χ1v) is 7.03. The fourth-order valence-electron chi connectivity index (χ4n) is 1.95. The van der Waals surface area contributed by atoms with Crippen LogP contribution in [0.25, 0.3) is 0 Å². The second-order valence-electron chi connectivity index (χ2n) is 4.76. The minimum Gasteiger partial charge on any atom is -0.457 e. The molecule has 0 aliphatic carbocycles. The molecule has 1 aliphatic heterocycles. The molecule has 2 aromatic carbocycles. The highest BCUT2D eigenvalue weighted by molar-refractivity contribution is 6.30. The Bertz CT molecular complexity index is 570. The minimum absolute atomic E-state index is 0.301. The van der Waals surface area contributed by atoms with Crippen molar-refractivity contribution in [3.63, 3.8) is 0 Å². The standard InChI is InChI=1S/C16H16ClNO2/c17-13-7-6-12(11-19-15-9-18-10-15)16(8-13)20-14-4-2-1-3-5-14/h1-8,15,18H,9-11H2. The van der Waals surface area contributed by atoms with Gasteiger partial charge < -0.3 is 14.8 Å². The average Bonchev–Trinajstić information content (AvgIpc) is 2.40. The molecular weight excluding hydrogens is 274 g/mol. The largest absolute Gasteiger partial charge is 0.457 e. The van der Waals surface area contributed by atoms with Gasteiger partial charge in [0.15, 0.2) is 0 Å². The number of hydrogen-bond acceptors (Lipinski definition) is 3. The van der Waals surface area contributed by atoms with E-state index in [9.17, 15) is 0 Å². The van der Waals surface area contributed by atoms with Crippen LogP contribution >= 0.6 is 11.6 Å². The van der Waals surface area contributed by atoms with Crippen LogP contribution in [-0.2, 0) is 11.3 Å². The average molecular weight is 290 g/mol. The summed E-state index contributed by atoms with van der Waals surface area (Å²) in [5, 5.41) is 3.84. The van der Waals surface area contributed by atoms with Crippen LogP contribution in [-0.4, -0.2) is 19.2 Å². The summed E-state index contributed by atoms with van der Waals surface area (Å²) < 4.78 is 11.7. The van der Waals surface area contributed by atoms with Crippen molar-refractivity contribution in [1.29, 1.82) is 0 Å². The molecule has 0 radical (unpaired) electrons. The van der Waals surface area contributed by atoms with Crippen molar-refractivity contribution in [3.8, 4) is 11.5 Å². The van der Waals surface area contributed by atoms with Crippen LogP contribution < -0.4 is 10.1 Å². The van der Waals surface area contributed by atoms with Gasteiger partial charge in [-0.25, -0.2) is 0 Å². The van der Waals surface area contributed by atoms with Gasteiger partial charge in [-0.1, -0.05) is 35.9 Å². The minimum atomic E-state index is 0.301. The van der Waals surface area contributed by atoms with Crippen LogP contribution in [0.4, 0.5) is 0 Å². The zero-order valence-corrected chi connectivity index (χ0v) is 11.8. The van der Waals surface area contributed by atoms with Crippen molar-refractivity contribution < 1.29 is 9.47 Å². The number of rotatable bonds is 5. The molecule has 0 spiro atoms. The first-order chi connectivity index (χ1) is 9.81. The number of nitrogens with one attached hydrogen (secondary N) is 1. The third-order valence-electron chi connectivity index (χ3n) is 3.22.